The monoisotopic (exact) mass is 415 g/mol. The van der Waals surface area contributed by atoms with E-state index < -0.39 is 0 Å². The van der Waals surface area contributed by atoms with Crippen molar-refractivity contribution in [3.63, 3.8) is 0 Å². The van der Waals surface area contributed by atoms with Crippen molar-refractivity contribution < 1.29 is 4.79 Å². The molecule has 31 heavy (non-hydrogen) atoms. The minimum Gasteiger partial charge on any atom is -0.361 e. The second kappa shape index (κ2) is 7.91. The molecule has 0 spiro atoms. The van der Waals surface area contributed by atoms with Crippen molar-refractivity contribution in [1.29, 1.82) is 0 Å². The number of hydrogen-bond donors (Lipinski definition) is 1. The molecule has 0 bridgehead atoms. The van der Waals surface area contributed by atoms with E-state index in [0.29, 0.717) is 19.5 Å². The fraction of sp³-hybridized carbons (Fsp3) is 0.292. The largest absolute Gasteiger partial charge is 0.361 e. The zero-order chi connectivity index (χ0) is 21.4. The molecule has 0 atom stereocenters. The average molecular weight is 415 g/mol. The fourth-order valence-corrected chi connectivity index (χ4v) is 4.51. The topological polar surface area (TPSA) is 75.9 Å². The fourth-order valence-electron chi connectivity index (χ4n) is 4.51. The molecule has 4 aromatic rings. The van der Waals surface area contributed by atoms with Gasteiger partial charge in [0.25, 0.3) is 0 Å². The molecule has 1 fully saturated rings. The summed E-state index contributed by atoms with van der Waals surface area (Å²) in [5, 5.41) is 5.64. The lowest BCUT2D eigenvalue weighted by Gasteiger charge is -2.31. The maximum Gasteiger partial charge on any atom is 0.350 e. The highest BCUT2D eigenvalue weighted by molar-refractivity contribution is 5.88. The quantitative estimate of drug-likeness (QED) is 0.557. The summed E-state index contributed by atoms with van der Waals surface area (Å²) >= 11 is 0. The molecule has 2 aromatic carbocycles. The van der Waals surface area contributed by atoms with Crippen LogP contribution in [0, 0.1) is 0 Å². The Hall–Kier alpha value is -3.61. The van der Waals surface area contributed by atoms with Crippen LogP contribution >= 0.6 is 0 Å². The van der Waals surface area contributed by atoms with Crippen molar-refractivity contribution >= 4 is 16.8 Å². The second-order valence-corrected chi connectivity index (χ2v) is 8.13. The van der Waals surface area contributed by atoms with Crippen LogP contribution in [0.25, 0.3) is 16.6 Å². The van der Waals surface area contributed by atoms with Crippen LogP contribution in [0.15, 0.2) is 65.6 Å². The summed E-state index contributed by atoms with van der Waals surface area (Å²) in [5.41, 5.74) is 2.77. The highest BCUT2D eigenvalue weighted by Crippen LogP contribution is 2.28. The molecule has 2 aromatic heterocycles. The van der Waals surface area contributed by atoms with E-state index in [9.17, 15) is 9.59 Å². The molecular weight excluding hydrogens is 390 g/mol. The van der Waals surface area contributed by atoms with Gasteiger partial charge in [-0.1, -0.05) is 36.4 Å². The number of fused-ring (bicyclic) bond motifs is 1. The maximum absolute atomic E-state index is 12.9. The number of aromatic nitrogens is 4. The number of benzene rings is 2. The van der Waals surface area contributed by atoms with Crippen LogP contribution in [0.2, 0.25) is 0 Å². The van der Waals surface area contributed by atoms with E-state index in [4.69, 9.17) is 0 Å². The number of carbonyl (C=O) groups is 1. The number of piperidine rings is 1. The molecule has 7 nitrogen and oxygen atoms in total. The Balaban J connectivity index is 1.30. The van der Waals surface area contributed by atoms with Crippen LogP contribution in [-0.2, 0) is 18.3 Å². The van der Waals surface area contributed by atoms with Gasteiger partial charge in [0.1, 0.15) is 5.82 Å². The maximum atomic E-state index is 12.9. The Morgan fingerprint density at radius 2 is 1.77 bits per heavy atom. The van der Waals surface area contributed by atoms with Gasteiger partial charge in [0.05, 0.1) is 12.1 Å². The molecule has 1 N–H and O–H groups in total. The van der Waals surface area contributed by atoms with Gasteiger partial charge >= 0.3 is 5.69 Å². The van der Waals surface area contributed by atoms with Gasteiger partial charge in [-0.25, -0.2) is 14.0 Å². The lowest BCUT2D eigenvalue weighted by Crippen LogP contribution is -2.39. The van der Waals surface area contributed by atoms with E-state index in [0.717, 1.165) is 40.8 Å². The molecule has 0 unspecified atom stereocenters. The van der Waals surface area contributed by atoms with Crippen LogP contribution in [0.4, 0.5) is 0 Å². The first-order valence-corrected chi connectivity index (χ1v) is 10.7. The molecule has 1 aliphatic heterocycles. The van der Waals surface area contributed by atoms with E-state index in [2.05, 4.69) is 10.1 Å². The van der Waals surface area contributed by atoms with Crippen LogP contribution in [0.5, 0.6) is 0 Å². The third-order valence-electron chi connectivity index (χ3n) is 6.19. The number of H-pyrrole nitrogens is 1. The Morgan fingerprint density at radius 1 is 1.06 bits per heavy atom. The lowest BCUT2D eigenvalue weighted by molar-refractivity contribution is -0.131. The van der Waals surface area contributed by atoms with Crippen LogP contribution < -0.4 is 5.69 Å². The van der Waals surface area contributed by atoms with Gasteiger partial charge in [0.2, 0.25) is 5.91 Å². The number of nitrogens with zero attached hydrogens (tertiary/aromatic N) is 4. The average Bonchev–Trinajstić information content (AvgIpc) is 3.35. The molecule has 0 aliphatic carbocycles. The van der Waals surface area contributed by atoms with Gasteiger partial charge in [-0.3, -0.25) is 4.79 Å². The van der Waals surface area contributed by atoms with Crippen LogP contribution in [-0.4, -0.2) is 43.2 Å². The van der Waals surface area contributed by atoms with Gasteiger partial charge in [0, 0.05) is 43.2 Å². The third-order valence-corrected chi connectivity index (χ3v) is 6.19. The Labute approximate surface area is 179 Å². The van der Waals surface area contributed by atoms with Crippen LogP contribution in [0.1, 0.15) is 30.1 Å². The number of likely N-dealkylation sites (tertiary alicyclic amines) is 1. The van der Waals surface area contributed by atoms with Gasteiger partial charge in [-0.15, -0.1) is 0 Å². The van der Waals surface area contributed by atoms with Crippen molar-refractivity contribution in [3.05, 3.63) is 82.7 Å². The van der Waals surface area contributed by atoms with Crippen molar-refractivity contribution in [2.24, 2.45) is 7.05 Å². The minimum atomic E-state index is -0.140. The normalized spacial score (nSPS) is 14.9. The first kappa shape index (κ1) is 19.4. The zero-order valence-electron chi connectivity index (χ0n) is 17.5. The standard InChI is InChI=1S/C24H25N5O2/c1-27-24(31)29(19-7-3-2-4-8-19)23(26-27)17-11-13-28(14-12-17)22(30)15-18-16-25-21-10-6-5-9-20(18)21/h2-10,16-17,25H,11-15H2,1H3. The SMILES string of the molecule is Cn1nc(C2CCN(C(=O)Cc3c[nH]c4ccccc34)CC2)n(-c2ccccc2)c1=O. The molecule has 1 amide bonds. The van der Waals surface area contributed by atoms with Crippen molar-refractivity contribution in [2.45, 2.75) is 25.2 Å². The minimum absolute atomic E-state index is 0.140. The molecule has 1 saturated heterocycles. The predicted molar refractivity (Wildman–Crippen MR) is 119 cm³/mol. The summed E-state index contributed by atoms with van der Waals surface area (Å²) in [7, 11) is 1.69. The van der Waals surface area contributed by atoms with Crippen molar-refractivity contribution in [3.8, 4) is 5.69 Å². The molecular formula is C24H25N5O2. The molecule has 1 aliphatic rings. The smallest absolute Gasteiger partial charge is 0.350 e. The van der Waals surface area contributed by atoms with Gasteiger partial charge < -0.3 is 9.88 Å². The molecule has 5 rings (SSSR count). The first-order chi connectivity index (χ1) is 15.1. The van der Waals surface area contributed by atoms with E-state index in [1.54, 1.807) is 11.6 Å². The number of aromatic amines is 1. The summed E-state index contributed by atoms with van der Waals surface area (Å²) in [5.74, 6) is 1.07. The molecule has 158 valence electrons. The summed E-state index contributed by atoms with van der Waals surface area (Å²) in [6, 6.07) is 17.7. The number of nitrogens with one attached hydrogen (secondary N) is 1. The number of carbonyl (C=O) groups excluding carboxylic acids is 1. The second-order valence-electron chi connectivity index (χ2n) is 8.13. The van der Waals surface area contributed by atoms with Crippen molar-refractivity contribution in [2.75, 3.05) is 13.1 Å². The predicted octanol–water partition coefficient (Wildman–Crippen LogP) is 3.00. The van der Waals surface area contributed by atoms with Gasteiger partial charge in [-0.2, -0.15) is 5.10 Å². The van der Waals surface area contributed by atoms with Gasteiger partial charge in [-0.05, 0) is 36.6 Å². The number of hydrogen-bond acceptors (Lipinski definition) is 3. The van der Waals surface area contributed by atoms with E-state index in [-0.39, 0.29) is 17.5 Å². The third kappa shape index (κ3) is 3.56. The molecule has 7 heteroatoms. The van der Waals surface area contributed by atoms with E-state index in [1.165, 1.54) is 4.68 Å². The van der Waals surface area contributed by atoms with Crippen molar-refractivity contribution in [1.82, 2.24) is 24.2 Å². The Bertz CT molecular complexity index is 1280. The van der Waals surface area contributed by atoms with E-state index in [1.807, 2.05) is 65.7 Å². The van der Waals surface area contributed by atoms with Crippen LogP contribution in [0.3, 0.4) is 0 Å². The summed E-state index contributed by atoms with van der Waals surface area (Å²) in [6.07, 6.45) is 3.92. The molecule has 0 radical (unpaired) electrons. The Kier molecular flexibility index (Phi) is 4.94. The van der Waals surface area contributed by atoms with E-state index >= 15 is 0 Å². The molecule has 3 heterocycles. The summed E-state index contributed by atoms with van der Waals surface area (Å²) in [4.78, 5) is 30.8. The highest BCUT2D eigenvalue weighted by atomic mass is 16.2. The zero-order valence-corrected chi connectivity index (χ0v) is 17.5. The number of aryl methyl sites for hydroxylation is 1. The number of para-hydroxylation sites is 2. The lowest BCUT2D eigenvalue weighted by atomic mass is 9.95. The first-order valence-electron chi connectivity index (χ1n) is 10.7. The summed E-state index contributed by atoms with van der Waals surface area (Å²) < 4.78 is 3.10. The number of rotatable bonds is 4. The summed E-state index contributed by atoms with van der Waals surface area (Å²) in [6.45, 7) is 1.34. The Morgan fingerprint density at radius 3 is 2.55 bits per heavy atom. The van der Waals surface area contributed by atoms with Gasteiger partial charge in [0.15, 0.2) is 0 Å². The molecule has 0 saturated carbocycles. The number of amides is 1. The highest BCUT2D eigenvalue weighted by Gasteiger charge is 2.29.